The van der Waals surface area contributed by atoms with E-state index in [2.05, 4.69) is 10.3 Å². The van der Waals surface area contributed by atoms with E-state index < -0.39 is 35.8 Å². The molecule has 0 saturated heterocycles. The quantitative estimate of drug-likeness (QED) is 0.517. The van der Waals surface area contributed by atoms with Crippen molar-refractivity contribution in [1.29, 1.82) is 0 Å². The highest BCUT2D eigenvalue weighted by Gasteiger charge is 2.71. The maximum absolute atomic E-state index is 14.5. The van der Waals surface area contributed by atoms with Crippen LogP contribution in [0.25, 0.3) is 10.9 Å². The van der Waals surface area contributed by atoms with Crippen molar-refractivity contribution in [3.05, 3.63) is 59.3 Å². The molecule has 0 fully saturated rings. The first-order chi connectivity index (χ1) is 15.9. The van der Waals surface area contributed by atoms with Crippen LogP contribution >= 0.6 is 0 Å². The van der Waals surface area contributed by atoms with Gasteiger partial charge < -0.3 is 25.0 Å². The smallest absolute Gasteiger partial charge is 0.420 e. The Morgan fingerprint density at radius 1 is 1.06 bits per heavy atom. The molecule has 1 aliphatic heterocycles. The van der Waals surface area contributed by atoms with Crippen LogP contribution in [-0.4, -0.2) is 40.3 Å². The molecule has 5 rings (SSSR count). The topological polar surface area (TPSA) is 83.8 Å². The molecule has 0 bridgehead atoms. The molecule has 6 nitrogen and oxygen atoms in total. The molecule has 9 heteroatoms. The minimum absolute atomic E-state index is 0.0467. The summed E-state index contributed by atoms with van der Waals surface area (Å²) in [6, 6.07) is 11.7. The molecule has 0 radical (unpaired) electrons. The number of halogens is 3. The van der Waals surface area contributed by atoms with E-state index in [-0.39, 0.29) is 12.4 Å². The Morgan fingerprint density at radius 2 is 1.82 bits per heavy atom. The van der Waals surface area contributed by atoms with E-state index in [1.807, 2.05) is 13.0 Å². The fraction of sp³-hybridized carbons (Fsp3) is 0.400. The summed E-state index contributed by atoms with van der Waals surface area (Å²) >= 11 is 0. The van der Waals surface area contributed by atoms with Gasteiger partial charge in [-0.25, -0.2) is 0 Å². The second kappa shape index (κ2) is 7.23. The lowest BCUT2D eigenvalue weighted by atomic mass is 9.58. The van der Waals surface area contributed by atoms with Gasteiger partial charge in [0.05, 0.1) is 12.1 Å². The van der Waals surface area contributed by atoms with Crippen LogP contribution in [-0.2, 0) is 11.0 Å². The number of aromatic nitrogens is 1. The fourth-order valence-electron chi connectivity index (χ4n) is 5.30. The van der Waals surface area contributed by atoms with E-state index in [4.69, 9.17) is 9.47 Å². The number of pyridine rings is 1. The Bertz CT molecular complexity index is 1290. The predicted molar refractivity (Wildman–Crippen MR) is 120 cm³/mol. The molecule has 2 unspecified atom stereocenters. The molecule has 3 N–H and O–H groups in total. The molecule has 1 aliphatic carbocycles. The highest BCUT2D eigenvalue weighted by Crippen LogP contribution is 2.60. The van der Waals surface area contributed by atoms with Crippen molar-refractivity contribution in [2.75, 3.05) is 18.7 Å². The van der Waals surface area contributed by atoms with Gasteiger partial charge in [0.1, 0.15) is 5.60 Å². The average molecular weight is 474 g/mol. The van der Waals surface area contributed by atoms with Gasteiger partial charge in [-0.15, -0.1) is 0 Å². The van der Waals surface area contributed by atoms with Crippen LogP contribution in [0.1, 0.15) is 37.1 Å². The van der Waals surface area contributed by atoms with Crippen molar-refractivity contribution in [3.8, 4) is 11.5 Å². The van der Waals surface area contributed by atoms with Gasteiger partial charge in [0.2, 0.25) is 6.79 Å². The van der Waals surface area contributed by atoms with Gasteiger partial charge in [-0.3, -0.25) is 4.98 Å². The number of alkyl halides is 3. The number of ether oxygens (including phenoxy) is 2. The first kappa shape index (κ1) is 22.7. The summed E-state index contributed by atoms with van der Waals surface area (Å²) in [7, 11) is 0. The van der Waals surface area contributed by atoms with Crippen LogP contribution in [0.3, 0.4) is 0 Å². The Hall–Kier alpha value is -3.04. The van der Waals surface area contributed by atoms with Crippen molar-refractivity contribution in [1.82, 2.24) is 4.98 Å². The molecule has 1 aromatic heterocycles. The third-order valence-corrected chi connectivity index (χ3v) is 6.92. The second-order valence-electron chi connectivity index (χ2n) is 9.68. The number of nitrogens with zero attached hydrogens (tertiary/aromatic N) is 1. The Labute approximate surface area is 194 Å². The summed E-state index contributed by atoms with van der Waals surface area (Å²) in [5.74, 6) is 0.699. The van der Waals surface area contributed by atoms with Crippen LogP contribution in [0.4, 0.5) is 18.9 Å². The standard InChI is InChI=1S/C25H25F3N2O4/c1-14-7-8-15-17(5-4-6-18(15)30-14)29-12-23(31)16-9-10-19-21(34-13-33-19)20(16)22(2,3)11-24(23,32)25(26,27)28/h4-10,29,31-32H,11-13H2,1-3H3. The third-order valence-electron chi connectivity index (χ3n) is 6.92. The molecule has 0 spiro atoms. The molecule has 3 aromatic rings. The van der Waals surface area contributed by atoms with Gasteiger partial charge in [0.25, 0.3) is 0 Å². The van der Waals surface area contributed by atoms with Crippen molar-refractivity contribution in [2.24, 2.45) is 0 Å². The van der Waals surface area contributed by atoms with Gasteiger partial charge in [-0.2, -0.15) is 13.2 Å². The number of aryl methyl sites for hydroxylation is 1. The summed E-state index contributed by atoms with van der Waals surface area (Å²) in [5, 5.41) is 26.6. The molecular weight excluding hydrogens is 449 g/mol. The van der Waals surface area contributed by atoms with Gasteiger partial charge in [-0.1, -0.05) is 26.0 Å². The summed E-state index contributed by atoms with van der Waals surface area (Å²) in [6.45, 7) is 4.37. The van der Waals surface area contributed by atoms with Gasteiger partial charge in [0.15, 0.2) is 17.1 Å². The SMILES string of the molecule is Cc1ccc2c(NCC3(O)c4ccc5c(c4C(C)(C)CC3(O)C(F)(F)F)OCO5)cccc2n1. The van der Waals surface area contributed by atoms with Crippen LogP contribution in [0.5, 0.6) is 11.5 Å². The summed E-state index contributed by atoms with van der Waals surface area (Å²) in [4.78, 5) is 4.45. The number of rotatable bonds is 3. The number of nitrogens with one attached hydrogen (secondary N) is 1. The maximum atomic E-state index is 14.5. The van der Waals surface area contributed by atoms with Gasteiger partial charge in [-0.05, 0) is 54.7 Å². The van der Waals surface area contributed by atoms with Crippen molar-refractivity contribution >= 4 is 16.6 Å². The first-order valence-corrected chi connectivity index (χ1v) is 10.9. The lowest BCUT2D eigenvalue weighted by Gasteiger charge is -2.53. The molecule has 2 atom stereocenters. The zero-order valence-corrected chi connectivity index (χ0v) is 19.0. The first-order valence-electron chi connectivity index (χ1n) is 10.9. The predicted octanol–water partition coefficient (Wildman–Crippen LogP) is 4.55. The number of hydrogen-bond donors (Lipinski definition) is 3. The summed E-state index contributed by atoms with van der Waals surface area (Å²) in [5.41, 5.74) is -4.98. The van der Waals surface area contributed by atoms with E-state index in [0.29, 0.717) is 33.7 Å². The van der Waals surface area contributed by atoms with Crippen LogP contribution in [0, 0.1) is 6.92 Å². The third kappa shape index (κ3) is 3.14. The Morgan fingerprint density at radius 3 is 2.56 bits per heavy atom. The zero-order valence-electron chi connectivity index (χ0n) is 19.0. The molecule has 2 aromatic carbocycles. The number of hydrogen-bond acceptors (Lipinski definition) is 6. The minimum atomic E-state index is -5.10. The van der Waals surface area contributed by atoms with Crippen LogP contribution in [0.2, 0.25) is 0 Å². The Kier molecular flexibility index (Phi) is 4.83. The minimum Gasteiger partial charge on any atom is -0.454 e. The number of anilines is 1. The van der Waals surface area contributed by atoms with E-state index in [9.17, 15) is 23.4 Å². The maximum Gasteiger partial charge on any atom is 0.420 e. The normalized spacial score (nSPS) is 25.3. The van der Waals surface area contributed by atoms with Crippen molar-refractivity contribution < 1.29 is 32.9 Å². The monoisotopic (exact) mass is 474 g/mol. The lowest BCUT2D eigenvalue weighted by molar-refractivity contribution is -0.330. The van der Waals surface area contributed by atoms with E-state index in [1.54, 1.807) is 38.1 Å². The van der Waals surface area contributed by atoms with Gasteiger partial charge >= 0.3 is 6.18 Å². The van der Waals surface area contributed by atoms with Crippen LogP contribution < -0.4 is 14.8 Å². The zero-order chi connectivity index (χ0) is 24.5. The molecular formula is C25H25F3N2O4. The summed E-state index contributed by atoms with van der Waals surface area (Å²) in [6.07, 6.45) is -5.86. The average Bonchev–Trinajstić information content (AvgIpc) is 3.23. The number of fused-ring (bicyclic) bond motifs is 4. The number of aliphatic hydroxyl groups is 2. The number of benzene rings is 2. The molecule has 2 aliphatic rings. The molecule has 0 saturated carbocycles. The summed E-state index contributed by atoms with van der Waals surface area (Å²) < 4.78 is 54.4. The highest BCUT2D eigenvalue weighted by molar-refractivity contribution is 5.91. The van der Waals surface area contributed by atoms with E-state index >= 15 is 0 Å². The second-order valence-corrected chi connectivity index (χ2v) is 9.68. The lowest BCUT2D eigenvalue weighted by Crippen LogP contribution is -2.68. The fourth-order valence-corrected chi connectivity index (χ4v) is 5.30. The molecule has 34 heavy (non-hydrogen) atoms. The Balaban J connectivity index is 1.66. The highest BCUT2D eigenvalue weighted by atomic mass is 19.4. The molecule has 0 amide bonds. The van der Waals surface area contributed by atoms with E-state index in [0.717, 1.165) is 5.69 Å². The molecule has 180 valence electrons. The van der Waals surface area contributed by atoms with Crippen LogP contribution in [0.15, 0.2) is 42.5 Å². The van der Waals surface area contributed by atoms with E-state index in [1.165, 1.54) is 12.1 Å². The molecule has 2 heterocycles. The van der Waals surface area contributed by atoms with Gasteiger partial charge in [0, 0.05) is 22.3 Å². The largest absolute Gasteiger partial charge is 0.454 e. The van der Waals surface area contributed by atoms with Crippen molar-refractivity contribution in [3.63, 3.8) is 0 Å². The van der Waals surface area contributed by atoms with Crippen molar-refractivity contribution in [2.45, 2.75) is 50.0 Å².